The molecular formula is C24H23N3O2S. The van der Waals surface area contributed by atoms with Crippen molar-refractivity contribution in [1.29, 1.82) is 0 Å². The fourth-order valence-corrected chi connectivity index (χ4v) is 4.40. The normalized spacial score (nSPS) is 12.7. The summed E-state index contributed by atoms with van der Waals surface area (Å²) in [6.07, 6.45) is 0.311. The van der Waals surface area contributed by atoms with E-state index in [0.29, 0.717) is 25.5 Å². The Morgan fingerprint density at radius 1 is 0.933 bits per heavy atom. The molecule has 0 aromatic heterocycles. The van der Waals surface area contributed by atoms with Crippen LogP contribution >= 0.6 is 11.8 Å². The van der Waals surface area contributed by atoms with E-state index in [4.69, 9.17) is 4.74 Å². The molecule has 0 saturated heterocycles. The van der Waals surface area contributed by atoms with Crippen molar-refractivity contribution in [2.24, 2.45) is 5.10 Å². The predicted molar refractivity (Wildman–Crippen MR) is 121 cm³/mol. The number of nitrogens with one attached hydrogen (secondary N) is 1. The van der Waals surface area contributed by atoms with Gasteiger partial charge in [0.25, 0.3) is 0 Å². The van der Waals surface area contributed by atoms with Crippen LogP contribution in [0.15, 0.2) is 93.8 Å². The molecule has 0 unspecified atom stereocenters. The Labute approximate surface area is 180 Å². The number of anilines is 2. The van der Waals surface area contributed by atoms with Crippen LogP contribution in [0.2, 0.25) is 0 Å². The predicted octanol–water partition coefficient (Wildman–Crippen LogP) is 5.19. The first-order chi connectivity index (χ1) is 14.8. The average molecular weight is 418 g/mol. The van der Waals surface area contributed by atoms with E-state index in [1.54, 1.807) is 11.8 Å². The van der Waals surface area contributed by atoms with Crippen LogP contribution in [0.25, 0.3) is 0 Å². The van der Waals surface area contributed by atoms with E-state index < -0.39 is 0 Å². The first-order valence-corrected chi connectivity index (χ1v) is 10.8. The third-order valence-electron chi connectivity index (χ3n) is 4.68. The van der Waals surface area contributed by atoms with E-state index >= 15 is 0 Å². The molecule has 0 saturated carbocycles. The van der Waals surface area contributed by atoms with E-state index in [2.05, 4.69) is 39.7 Å². The van der Waals surface area contributed by atoms with Gasteiger partial charge in [-0.3, -0.25) is 4.79 Å². The van der Waals surface area contributed by atoms with Gasteiger partial charge in [-0.25, -0.2) is 5.43 Å². The fourth-order valence-electron chi connectivity index (χ4n) is 3.30. The van der Waals surface area contributed by atoms with Crippen LogP contribution in [0.1, 0.15) is 18.9 Å². The summed E-state index contributed by atoms with van der Waals surface area (Å²) in [4.78, 5) is 17.1. The molecule has 30 heavy (non-hydrogen) atoms. The van der Waals surface area contributed by atoms with E-state index in [-0.39, 0.29) is 5.91 Å². The number of hydrogen-bond donors (Lipinski definition) is 1. The molecule has 152 valence electrons. The molecule has 1 aliphatic heterocycles. The molecular weight excluding hydrogens is 394 g/mol. The lowest BCUT2D eigenvalue weighted by Crippen LogP contribution is -2.28. The maximum absolute atomic E-state index is 12.5. The molecule has 1 amide bonds. The van der Waals surface area contributed by atoms with Gasteiger partial charge in [-0.05, 0) is 43.3 Å². The molecule has 0 spiro atoms. The fraction of sp³-hybridized carbons (Fsp3) is 0.167. The molecule has 0 fully saturated rings. The second-order valence-corrected chi connectivity index (χ2v) is 7.77. The van der Waals surface area contributed by atoms with Crippen molar-refractivity contribution in [3.63, 3.8) is 0 Å². The Hall–Kier alpha value is -3.25. The molecule has 5 nitrogen and oxygen atoms in total. The summed E-state index contributed by atoms with van der Waals surface area (Å²) in [7, 11) is 0. The quantitative estimate of drug-likeness (QED) is 0.341. The molecule has 6 heteroatoms. The summed E-state index contributed by atoms with van der Waals surface area (Å²) < 4.78 is 5.59. The van der Waals surface area contributed by atoms with E-state index in [1.165, 1.54) is 9.79 Å². The Morgan fingerprint density at radius 2 is 1.53 bits per heavy atom. The summed E-state index contributed by atoms with van der Waals surface area (Å²) in [5.41, 5.74) is 5.72. The van der Waals surface area contributed by atoms with Crippen LogP contribution < -0.4 is 10.3 Å². The number of carbonyl (C=O) groups excluding carboxylic acids is 1. The lowest BCUT2D eigenvalue weighted by molar-refractivity contribution is -0.120. The number of rotatable bonds is 6. The standard InChI is InChI=1S/C24H23N3O2S/c1-2-29-24(18-10-4-3-5-11-18)26-25-23(28)16-17-27-19-12-6-8-14-21(19)30-22-15-9-7-13-20(22)27/h3-15H,2,16-17H2,1H3,(H,25,28)/b26-24+. The largest absolute Gasteiger partial charge is 0.477 e. The lowest BCUT2D eigenvalue weighted by Gasteiger charge is -2.32. The molecule has 1 heterocycles. The first kappa shape index (κ1) is 20.0. The first-order valence-electron chi connectivity index (χ1n) is 9.94. The topological polar surface area (TPSA) is 53.9 Å². The van der Waals surface area contributed by atoms with Gasteiger partial charge in [0.15, 0.2) is 0 Å². The highest BCUT2D eigenvalue weighted by molar-refractivity contribution is 7.99. The number of hydrazone groups is 1. The van der Waals surface area contributed by atoms with Crippen LogP contribution in [0.5, 0.6) is 0 Å². The van der Waals surface area contributed by atoms with Crippen molar-refractivity contribution < 1.29 is 9.53 Å². The molecule has 0 radical (unpaired) electrons. The molecule has 1 N–H and O–H groups in total. The Kier molecular flexibility index (Phi) is 6.35. The minimum atomic E-state index is -0.156. The van der Waals surface area contributed by atoms with Crippen molar-refractivity contribution in [2.75, 3.05) is 18.1 Å². The molecule has 0 bridgehead atoms. The molecule has 0 atom stereocenters. The third kappa shape index (κ3) is 4.49. The second kappa shape index (κ2) is 9.50. The molecule has 0 aliphatic carbocycles. The second-order valence-electron chi connectivity index (χ2n) is 6.69. The van der Waals surface area contributed by atoms with Gasteiger partial charge in [-0.15, -0.1) is 5.10 Å². The summed E-state index contributed by atoms with van der Waals surface area (Å²) >= 11 is 1.76. The van der Waals surface area contributed by atoms with Crippen molar-refractivity contribution >= 4 is 34.9 Å². The van der Waals surface area contributed by atoms with Gasteiger partial charge in [-0.1, -0.05) is 54.2 Å². The Bertz CT molecular complexity index is 1010. The zero-order valence-electron chi connectivity index (χ0n) is 16.7. The Balaban J connectivity index is 1.46. The van der Waals surface area contributed by atoms with Gasteiger partial charge in [0.2, 0.25) is 11.8 Å². The zero-order chi connectivity index (χ0) is 20.8. The molecule has 4 rings (SSSR count). The van der Waals surface area contributed by atoms with E-state index in [0.717, 1.165) is 16.9 Å². The van der Waals surface area contributed by atoms with Crippen molar-refractivity contribution in [2.45, 2.75) is 23.1 Å². The maximum Gasteiger partial charge on any atom is 0.241 e. The highest BCUT2D eigenvalue weighted by Gasteiger charge is 2.23. The van der Waals surface area contributed by atoms with Crippen LogP contribution in [-0.4, -0.2) is 25.0 Å². The summed E-state index contributed by atoms with van der Waals surface area (Å²) in [5, 5.41) is 4.21. The summed E-state index contributed by atoms with van der Waals surface area (Å²) in [6.45, 7) is 2.93. The molecule has 3 aromatic carbocycles. The van der Waals surface area contributed by atoms with Crippen LogP contribution in [0.3, 0.4) is 0 Å². The monoisotopic (exact) mass is 417 g/mol. The van der Waals surface area contributed by atoms with Gasteiger partial charge in [-0.2, -0.15) is 0 Å². The van der Waals surface area contributed by atoms with Crippen molar-refractivity contribution in [1.82, 2.24) is 5.43 Å². The van der Waals surface area contributed by atoms with Gasteiger partial charge in [0, 0.05) is 28.3 Å². The van der Waals surface area contributed by atoms with Crippen molar-refractivity contribution in [3.8, 4) is 0 Å². The number of hydrogen-bond acceptors (Lipinski definition) is 5. The lowest BCUT2D eigenvalue weighted by atomic mass is 10.2. The van der Waals surface area contributed by atoms with Gasteiger partial charge >= 0.3 is 0 Å². The zero-order valence-corrected chi connectivity index (χ0v) is 17.6. The molecule has 3 aromatic rings. The van der Waals surface area contributed by atoms with Gasteiger partial charge in [0.05, 0.1) is 18.0 Å². The summed E-state index contributed by atoms with van der Waals surface area (Å²) in [6, 6.07) is 26.1. The van der Waals surface area contributed by atoms with Gasteiger partial charge < -0.3 is 9.64 Å². The van der Waals surface area contributed by atoms with E-state index in [1.807, 2.05) is 61.5 Å². The number of benzene rings is 3. The Morgan fingerprint density at radius 3 is 2.17 bits per heavy atom. The number of amides is 1. The summed E-state index contributed by atoms with van der Waals surface area (Å²) in [5.74, 6) is 0.257. The highest BCUT2D eigenvalue weighted by atomic mass is 32.2. The highest BCUT2D eigenvalue weighted by Crippen LogP contribution is 2.47. The van der Waals surface area contributed by atoms with Gasteiger partial charge in [0.1, 0.15) is 0 Å². The van der Waals surface area contributed by atoms with Crippen LogP contribution in [0.4, 0.5) is 11.4 Å². The van der Waals surface area contributed by atoms with Crippen LogP contribution in [-0.2, 0) is 9.53 Å². The third-order valence-corrected chi connectivity index (χ3v) is 5.81. The SMILES string of the molecule is CCO/C(=N/NC(=O)CCN1c2ccccc2Sc2ccccc21)c1ccccc1. The van der Waals surface area contributed by atoms with Crippen molar-refractivity contribution in [3.05, 3.63) is 84.4 Å². The average Bonchev–Trinajstić information content (AvgIpc) is 2.80. The minimum Gasteiger partial charge on any atom is -0.477 e. The smallest absolute Gasteiger partial charge is 0.241 e. The van der Waals surface area contributed by atoms with E-state index in [9.17, 15) is 4.79 Å². The number of para-hydroxylation sites is 2. The molecule has 1 aliphatic rings. The number of carbonyl (C=O) groups is 1. The maximum atomic E-state index is 12.5. The number of nitrogens with zero attached hydrogens (tertiary/aromatic N) is 2. The van der Waals surface area contributed by atoms with Crippen LogP contribution in [0, 0.1) is 0 Å². The number of fused-ring (bicyclic) bond motifs is 2. The minimum absolute atomic E-state index is 0.156. The number of ether oxygens (including phenoxy) is 1.